The van der Waals surface area contributed by atoms with Crippen LogP contribution in [0, 0.1) is 16.0 Å². The van der Waals surface area contributed by atoms with Gasteiger partial charge in [-0.1, -0.05) is 19.1 Å². The number of nitrogens with zero attached hydrogens (tertiary/aromatic N) is 4. The number of morpholine rings is 1. The molecule has 1 unspecified atom stereocenters. The number of likely N-dealkylation sites (tertiary alicyclic amines) is 1. The topological polar surface area (TPSA) is 108 Å². The summed E-state index contributed by atoms with van der Waals surface area (Å²) in [5, 5.41) is 13.8. The molecule has 1 atom stereocenters. The molecule has 2 aromatic rings. The van der Waals surface area contributed by atoms with Crippen molar-refractivity contribution in [2.45, 2.75) is 45.6 Å². The Balaban J connectivity index is 1.29. The Hall–Kier alpha value is -3.50. The van der Waals surface area contributed by atoms with Crippen LogP contribution in [0.5, 0.6) is 0 Å². The van der Waals surface area contributed by atoms with Gasteiger partial charge >= 0.3 is 6.03 Å². The van der Waals surface area contributed by atoms with Crippen molar-refractivity contribution in [1.82, 2.24) is 14.7 Å². The van der Waals surface area contributed by atoms with E-state index in [4.69, 9.17) is 4.74 Å². The molecule has 0 bridgehead atoms. The minimum atomic E-state index is -0.481. The summed E-state index contributed by atoms with van der Waals surface area (Å²) < 4.78 is 5.38. The van der Waals surface area contributed by atoms with E-state index in [2.05, 4.69) is 30.1 Å². The number of rotatable bonds is 10. The summed E-state index contributed by atoms with van der Waals surface area (Å²) >= 11 is 0. The highest BCUT2D eigenvalue weighted by Gasteiger charge is 2.29. The highest BCUT2D eigenvalue weighted by Crippen LogP contribution is 2.23. The molecule has 0 radical (unpaired) electrons. The molecule has 0 aliphatic carbocycles. The lowest BCUT2D eigenvalue weighted by molar-refractivity contribution is -0.384. The quantitative estimate of drug-likeness (QED) is 0.340. The number of nitro groups is 1. The number of nitrogens with one attached hydrogen (secondary N) is 1. The van der Waals surface area contributed by atoms with Crippen LogP contribution in [-0.2, 0) is 11.2 Å². The fraction of sp³-hybridized carbons (Fsp3) is 0.533. The third kappa shape index (κ3) is 8.02. The second-order valence-corrected chi connectivity index (χ2v) is 10.8. The summed E-state index contributed by atoms with van der Waals surface area (Å²) in [6.45, 7) is 10.7. The summed E-state index contributed by atoms with van der Waals surface area (Å²) in [7, 11) is 0. The number of anilines is 1. The molecule has 2 heterocycles. The first-order chi connectivity index (χ1) is 19.3. The lowest BCUT2D eigenvalue weighted by Gasteiger charge is -2.39. The summed E-state index contributed by atoms with van der Waals surface area (Å²) in [6, 6.07) is 14.0. The van der Waals surface area contributed by atoms with Gasteiger partial charge in [-0.15, -0.1) is 0 Å². The van der Waals surface area contributed by atoms with Crippen molar-refractivity contribution < 1.29 is 19.2 Å². The van der Waals surface area contributed by atoms with Crippen molar-refractivity contribution in [2.24, 2.45) is 5.92 Å². The lowest BCUT2D eigenvalue weighted by atomic mass is 9.95. The highest BCUT2D eigenvalue weighted by atomic mass is 16.6. The molecule has 0 spiro atoms. The number of urea groups is 1. The molecule has 10 nitrogen and oxygen atoms in total. The smallest absolute Gasteiger partial charge is 0.320 e. The van der Waals surface area contributed by atoms with Gasteiger partial charge in [-0.05, 0) is 74.9 Å². The molecular formula is C30H41N5O5. The zero-order valence-electron chi connectivity index (χ0n) is 23.6. The average Bonchev–Trinajstić information content (AvgIpc) is 2.97. The third-order valence-electron chi connectivity index (χ3n) is 7.85. The predicted molar refractivity (Wildman–Crippen MR) is 155 cm³/mol. The minimum absolute atomic E-state index is 0.0452. The number of ether oxygens (including phenoxy) is 1. The molecule has 2 aromatic carbocycles. The van der Waals surface area contributed by atoms with Crippen LogP contribution in [0.25, 0.3) is 0 Å². The maximum absolute atomic E-state index is 12.8. The number of hydrogen-bond acceptors (Lipinski definition) is 6. The van der Waals surface area contributed by atoms with Crippen molar-refractivity contribution >= 4 is 23.3 Å². The molecule has 2 aliphatic rings. The molecule has 10 heteroatoms. The van der Waals surface area contributed by atoms with E-state index in [0.717, 1.165) is 57.4 Å². The molecule has 2 saturated heterocycles. The summed E-state index contributed by atoms with van der Waals surface area (Å²) in [5.74, 6) is 0.265. The van der Waals surface area contributed by atoms with Gasteiger partial charge in [-0.25, -0.2) is 4.79 Å². The fourth-order valence-corrected chi connectivity index (χ4v) is 5.56. The van der Waals surface area contributed by atoms with E-state index < -0.39 is 4.92 Å². The van der Waals surface area contributed by atoms with Crippen molar-refractivity contribution in [3.05, 3.63) is 69.8 Å². The molecule has 216 valence electrons. The Bertz CT molecular complexity index is 1140. The largest absolute Gasteiger partial charge is 0.378 e. The van der Waals surface area contributed by atoms with E-state index in [9.17, 15) is 19.7 Å². The second kappa shape index (κ2) is 14.2. The summed E-state index contributed by atoms with van der Waals surface area (Å²) in [5.41, 5.74) is 2.17. The summed E-state index contributed by atoms with van der Waals surface area (Å²) in [6.07, 6.45) is 3.97. The van der Waals surface area contributed by atoms with E-state index in [1.807, 2.05) is 28.0 Å². The maximum atomic E-state index is 12.8. The number of amides is 3. The van der Waals surface area contributed by atoms with Crippen LogP contribution in [0.1, 0.15) is 49.0 Å². The molecule has 4 rings (SSSR count). The molecule has 1 N–H and O–H groups in total. The first-order valence-electron chi connectivity index (χ1n) is 14.3. The Morgan fingerprint density at radius 3 is 2.40 bits per heavy atom. The van der Waals surface area contributed by atoms with Crippen molar-refractivity contribution in [1.29, 1.82) is 0 Å². The lowest BCUT2D eigenvalue weighted by Crippen LogP contribution is -2.51. The van der Waals surface area contributed by atoms with Crippen LogP contribution in [0.3, 0.4) is 0 Å². The van der Waals surface area contributed by atoms with Gasteiger partial charge in [0.15, 0.2) is 0 Å². The van der Waals surface area contributed by atoms with Crippen molar-refractivity contribution in [2.75, 3.05) is 57.8 Å². The molecule has 3 amide bonds. The Morgan fingerprint density at radius 2 is 1.75 bits per heavy atom. The Kier molecular flexibility index (Phi) is 10.5. The van der Waals surface area contributed by atoms with Gasteiger partial charge in [0.1, 0.15) is 0 Å². The Labute approximate surface area is 236 Å². The third-order valence-corrected chi connectivity index (χ3v) is 7.85. The van der Waals surface area contributed by atoms with Gasteiger partial charge in [0.25, 0.3) is 11.6 Å². The molecule has 0 saturated carbocycles. The van der Waals surface area contributed by atoms with E-state index in [1.165, 1.54) is 24.3 Å². The normalized spacial score (nSPS) is 17.1. The van der Waals surface area contributed by atoms with Crippen molar-refractivity contribution in [3.8, 4) is 0 Å². The van der Waals surface area contributed by atoms with Gasteiger partial charge in [0.05, 0.1) is 18.1 Å². The molecular weight excluding hydrogens is 510 g/mol. The number of carbonyl (C=O) groups is 2. The number of carbonyl (C=O) groups excluding carboxylic acids is 2. The number of non-ortho nitro benzene ring substituents is 1. The monoisotopic (exact) mass is 551 g/mol. The fourth-order valence-electron chi connectivity index (χ4n) is 5.56. The van der Waals surface area contributed by atoms with Crippen molar-refractivity contribution in [3.63, 3.8) is 0 Å². The van der Waals surface area contributed by atoms with Gasteiger partial charge in [0, 0.05) is 62.1 Å². The van der Waals surface area contributed by atoms with Gasteiger partial charge in [0.2, 0.25) is 0 Å². The van der Waals surface area contributed by atoms with Crippen LogP contribution in [-0.4, -0.2) is 90.1 Å². The van der Waals surface area contributed by atoms with Gasteiger partial charge < -0.3 is 24.8 Å². The standard InChI is InChI=1S/C30H41N5O5/c1-3-13-34(22-24-11-14-32(15-12-24)30(37)33-16-18-40-19-17-33)23(2)20-25-5-4-6-27(21-25)31-29(36)26-7-9-28(10-8-26)35(38)39/h4-10,21,23-24H,3,11-20,22H2,1-2H3,(H,31,36). The van der Waals surface area contributed by atoms with Crippen LogP contribution in [0.4, 0.5) is 16.2 Å². The van der Waals surface area contributed by atoms with E-state index in [-0.39, 0.29) is 17.6 Å². The number of nitro benzene ring substituents is 1. The molecule has 0 aromatic heterocycles. The summed E-state index contributed by atoms with van der Waals surface area (Å²) in [4.78, 5) is 42.4. The molecule has 2 fully saturated rings. The van der Waals surface area contributed by atoms with Gasteiger partial charge in [-0.3, -0.25) is 14.9 Å². The van der Waals surface area contributed by atoms with E-state index in [1.54, 1.807) is 0 Å². The molecule has 40 heavy (non-hydrogen) atoms. The maximum Gasteiger partial charge on any atom is 0.320 e. The number of piperidine rings is 1. The second-order valence-electron chi connectivity index (χ2n) is 10.8. The predicted octanol–water partition coefficient (Wildman–Crippen LogP) is 4.65. The van der Waals surface area contributed by atoms with Gasteiger partial charge in [-0.2, -0.15) is 0 Å². The first kappa shape index (κ1) is 29.5. The SMILES string of the molecule is CCCN(CC1CCN(C(=O)N2CCOCC2)CC1)C(C)Cc1cccc(NC(=O)c2ccc([N+](=O)[O-])cc2)c1. The highest BCUT2D eigenvalue weighted by molar-refractivity contribution is 6.04. The zero-order chi connectivity index (χ0) is 28.5. The zero-order valence-corrected chi connectivity index (χ0v) is 23.6. The number of hydrogen-bond donors (Lipinski definition) is 1. The van der Waals surface area contributed by atoms with Crippen LogP contribution < -0.4 is 5.32 Å². The number of benzene rings is 2. The Morgan fingerprint density at radius 1 is 1.07 bits per heavy atom. The first-order valence-corrected chi connectivity index (χ1v) is 14.3. The van der Waals surface area contributed by atoms with E-state index >= 15 is 0 Å². The minimum Gasteiger partial charge on any atom is -0.378 e. The van der Waals surface area contributed by atoms with Crippen LogP contribution in [0.2, 0.25) is 0 Å². The molecule has 2 aliphatic heterocycles. The van der Waals surface area contributed by atoms with E-state index in [0.29, 0.717) is 49.5 Å². The van der Waals surface area contributed by atoms with Crippen LogP contribution >= 0.6 is 0 Å². The average molecular weight is 552 g/mol. The van der Waals surface area contributed by atoms with Crippen LogP contribution in [0.15, 0.2) is 48.5 Å².